The molecule has 21 heavy (non-hydrogen) atoms. The van der Waals surface area contributed by atoms with Gasteiger partial charge in [0.15, 0.2) is 0 Å². The van der Waals surface area contributed by atoms with Crippen LogP contribution in [-0.4, -0.2) is 4.98 Å². The van der Waals surface area contributed by atoms with Crippen molar-refractivity contribution >= 4 is 10.9 Å². The molecule has 0 fully saturated rings. The predicted molar refractivity (Wildman–Crippen MR) is 83.4 cm³/mol. The van der Waals surface area contributed by atoms with E-state index in [2.05, 4.69) is 4.98 Å². The van der Waals surface area contributed by atoms with Gasteiger partial charge in [-0.3, -0.25) is 4.98 Å². The Balaban J connectivity index is 2.16. The highest BCUT2D eigenvalue weighted by Crippen LogP contribution is 2.32. The molecule has 0 bridgehead atoms. The van der Waals surface area contributed by atoms with Gasteiger partial charge in [0.2, 0.25) is 0 Å². The molecule has 106 valence electrons. The van der Waals surface area contributed by atoms with Gasteiger partial charge in [-0.1, -0.05) is 37.3 Å². The van der Waals surface area contributed by atoms with E-state index in [1.807, 2.05) is 43.3 Å². The minimum Gasteiger partial charge on any atom is -0.318 e. The lowest BCUT2D eigenvalue weighted by Gasteiger charge is -2.29. The van der Waals surface area contributed by atoms with Crippen LogP contribution < -0.4 is 5.73 Å². The number of benzene rings is 2. The zero-order valence-corrected chi connectivity index (χ0v) is 11.9. The number of hydrogen-bond donors (Lipinski definition) is 1. The first-order valence-electron chi connectivity index (χ1n) is 7.03. The number of rotatable bonds is 3. The molecule has 3 rings (SSSR count). The minimum absolute atomic E-state index is 0.269. The lowest BCUT2D eigenvalue weighted by molar-refractivity contribution is 0.513. The number of nitrogens with two attached hydrogens (primary N) is 1. The van der Waals surface area contributed by atoms with Crippen molar-refractivity contribution in [2.24, 2.45) is 5.73 Å². The second kappa shape index (κ2) is 5.26. The van der Waals surface area contributed by atoms with Gasteiger partial charge in [-0.15, -0.1) is 0 Å². The molecule has 0 amide bonds. The molecule has 3 aromatic rings. The zero-order chi connectivity index (χ0) is 14.9. The van der Waals surface area contributed by atoms with Crippen LogP contribution in [0.5, 0.6) is 0 Å². The van der Waals surface area contributed by atoms with Crippen molar-refractivity contribution in [3.05, 3.63) is 77.7 Å². The van der Waals surface area contributed by atoms with Gasteiger partial charge in [0.1, 0.15) is 5.82 Å². The number of halogens is 1. The van der Waals surface area contributed by atoms with Crippen LogP contribution in [0, 0.1) is 5.82 Å². The van der Waals surface area contributed by atoms with Crippen molar-refractivity contribution in [1.82, 2.24) is 4.98 Å². The minimum atomic E-state index is -0.714. The van der Waals surface area contributed by atoms with E-state index in [4.69, 9.17) is 5.73 Å². The molecule has 2 aromatic carbocycles. The van der Waals surface area contributed by atoms with Crippen LogP contribution in [-0.2, 0) is 5.54 Å². The summed E-state index contributed by atoms with van der Waals surface area (Å²) in [5.41, 5.74) is 8.51. The molecular formula is C18H17FN2. The first kappa shape index (κ1) is 13.7. The van der Waals surface area contributed by atoms with Crippen molar-refractivity contribution in [3.63, 3.8) is 0 Å². The molecule has 1 aromatic heterocycles. The Morgan fingerprint density at radius 2 is 1.86 bits per heavy atom. The van der Waals surface area contributed by atoms with Crippen LogP contribution in [0.2, 0.25) is 0 Å². The molecule has 3 heteroatoms. The summed E-state index contributed by atoms with van der Waals surface area (Å²) in [6.45, 7) is 2.01. The van der Waals surface area contributed by atoms with E-state index in [9.17, 15) is 4.39 Å². The third-order valence-corrected chi connectivity index (χ3v) is 4.02. The summed E-state index contributed by atoms with van der Waals surface area (Å²) in [5, 5.41) is 1.07. The van der Waals surface area contributed by atoms with Crippen molar-refractivity contribution < 1.29 is 4.39 Å². The lowest BCUT2D eigenvalue weighted by atomic mass is 9.81. The summed E-state index contributed by atoms with van der Waals surface area (Å²) in [7, 11) is 0. The Kier molecular flexibility index (Phi) is 3.43. The van der Waals surface area contributed by atoms with Crippen LogP contribution in [0.4, 0.5) is 4.39 Å². The summed E-state index contributed by atoms with van der Waals surface area (Å²) in [4.78, 5) is 4.37. The Morgan fingerprint density at radius 3 is 2.62 bits per heavy atom. The Labute approximate surface area is 123 Å². The van der Waals surface area contributed by atoms with E-state index >= 15 is 0 Å². The van der Waals surface area contributed by atoms with E-state index < -0.39 is 5.54 Å². The number of hydrogen-bond acceptors (Lipinski definition) is 2. The van der Waals surface area contributed by atoms with Gasteiger partial charge in [-0.2, -0.15) is 0 Å². The van der Waals surface area contributed by atoms with E-state index in [0.29, 0.717) is 6.42 Å². The summed E-state index contributed by atoms with van der Waals surface area (Å²) >= 11 is 0. The molecule has 0 spiro atoms. The summed E-state index contributed by atoms with van der Waals surface area (Å²) in [5.74, 6) is -0.269. The van der Waals surface area contributed by atoms with Crippen LogP contribution in [0.25, 0.3) is 10.9 Å². The Bertz CT molecular complexity index is 785. The summed E-state index contributed by atoms with van der Waals surface area (Å²) in [6.07, 6.45) is 2.44. The average molecular weight is 280 g/mol. The molecule has 1 heterocycles. The van der Waals surface area contributed by atoms with Gasteiger partial charge in [-0.25, -0.2) is 4.39 Å². The highest BCUT2D eigenvalue weighted by atomic mass is 19.1. The SMILES string of the molecule is CCC(N)(c1cccc(F)c1)c1ccc2cccnc2c1. The second-order valence-electron chi connectivity index (χ2n) is 5.25. The maximum Gasteiger partial charge on any atom is 0.123 e. The molecular weight excluding hydrogens is 263 g/mol. The highest BCUT2D eigenvalue weighted by molar-refractivity contribution is 5.79. The van der Waals surface area contributed by atoms with Gasteiger partial charge in [-0.05, 0) is 41.8 Å². The molecule has 0 saturated heterocycles. The van der Waals surface area contributed by atoms with E-state index in [0.717, 1.165) is 22.0 Å². The van der Waals surface area contributed by atoms with Crippen molar-refractivity contribution in [2.45, 2.75) is 18.9 Å². The Hall–Kier alpha value is -2.26. The standard InChI is InChI=1S/C18H17FN2/c1-2-18(20,14-6-3-7-16(19)11-14)15-9-8-13-5-4-10-21-17(13)12-15/h3-12H,2,20H2,1H3. The number of pyridine rings is 1. The fraction of sp³-hybridized carbons (Fsp3) is 0.167. The predicted octanol–water partition coefficient (Wildman–Crippen LogP) is 3.99. The van der Waals surface area contributed by atoms with Crippen LogP contribution in [0.3, 0.4) is 0 Å². The third kappa shape index (κ3) is 2.41. The van der Waals surface area contributed by atoms with E-state index in [-0.39, 0.29) is 5.82 Å². The van der Waals surface area contributed by atoms with Crippen LogP contribution >= 0.6 is 0 Å². The van der Waals surface area contributed by atoms with Crippen molar-refractivity contribution in [1.29, 1.82) is 0 Å². The fourth-order valence-corrected chi connectivity index (χ4v) is 2.68. The van der Waals surface area contributed by atoms with E-state index in [1.54, 1.807) is 12.3 Å². The van der Waals surface area contributed by atoms with Gasteiger partial charge < -0.3 is 5.73 Å². The first-order valence-corrected chi connectivity index (χ1v) is 7.03. The highest BCUT2D eigenvalue weighted by Gasteiger charge is 2.28. The van der Waals surface area contributed by atoms with Crippen molar-refractivity contribution in [3.8, 4) is 0 Å². The quantitative estimate of drug-likeness (QED) is 0.788. The van der Waals surface area contributed by atoms with Gasteiger partial charge in [0, 0.05) is 11.6 Å². The van der Waals surface area contributed by atoms with Gasteiger partial charge in [0.05, 0.1) is 11.1 Å². The Morgan fingerprint density at radius 1 is 1.05 bits per heavy atom. The fourth-order valence-electron chi connectivity index (χ4n) is 2.68. The molecule has 0 aliphatic carbocycles. The molecule has 0 saturated carbocycles. The normalized spacial score (nSPS) is 14.0. The number of nitrogens with zero attached hydrogens (tertiary/aromatic N) is 1. The molecule has 0 aliphatic rings. The monoisotopic (exact) mass is 280 g/mol. The van der Waals surface area contributed by atoms with Crippen LogP contribution in [0.1, 0.15) is 24.5 Å². The largest absolute Gasteiger partial charge is 0.318 e. The van der Waals surface area contributed by atoms with Crippen molar-refractivity contribution in [2.75, 3.05) is 0 Å². The zero-order valence-electron chi connectivity index (χ0n) is 11.9. The van der Waals surface area contributed by atoms with Gasteiger partial charge in [0.25, 0.3) is 0 Å². The maximum atomic E-state index is 13.5. The molecule has 2 nitrogen and oxygen atoms in total. The smallest absolute Gasteiger partial charge is 0.123 e. The lowest BCUT2D eigenvalue weighted by Crippen LogP contribution is -2.37. The van der Waals surface area contributed by atoms with Gasteiger partial charge >= 0.3 is 0 Å². The number of fused-ring (bicyclic) bond motifs is 1. The molecule has 2 N–H and O–H groups in total. The second-order valence-corrected chi connectivity index (χ2v) is 5.25. The van der Waals surface area contributed by atoms with Crippen LogP contribution in [0.15, 0.2) is 60.8 Å². The molecule has 1 unspecified atom stereocenters. The summed E-state index contributed by atoms with van der Waals surface area (Å²) in [6, 6.07) is 16.4. The van der Waals surface area contributed by atoms with E-state index in [1.165, 1.54) is 12.1 Å². The first-order chi connectivity index (χ1) is 10.1. The molecule has 0 radical (unpaired) electrons. The molecule has 0 aliphatic heterocycles. The average Bonchev–Trinajstić information content (AvgIpc) is 2.53. The number of aromatic nitrogens is 1. The topological polar surface area (TPSA) is 38.9 Å². The third-order valence-electron chi connectivity index (χ3n) is 4.02. The summed E-state index contributed by atoms with van der Waals surface area (Å²) < 4.78 is 13.5. The molecule has 1 atom stereocenters. The maximum absolute atomic E-state index is 13.5.